The fourth-order valence-corrected chi connectivity index (χ4v) is 4.34. The summed E-state index contributed by atoms with van der Waals surface area (Å²) in [6.45, 7) is 12.0. The Balaban J connectivity index is 1.73. The lowest BCUT2D eigenvalue weighted by Crippen LogP contribution is -2.48. The molecule has 122 valence electrons. The van der Waals surface area contributed by atoms with Crippen LogP contribution >= 0.6 is 11.8 Å². The summed E-state index contributed by atoms with van der Waals surface area (Å²) in [5.74, 6) is 1.15. The summed E-state index contributed by atoms with van der Waals surface area (Å²) < 4.78 is 5.48. The van der Waals surface area contributed by atoms with Gasteiger partial charge in [-0.3, -0.25) is 4.99 Å². The molecule has 1 unspecified atom stereocenters. The number of ether oxygens (including phenoxy) is 1. The molecule has 2 saturated heterocycles. The minimum absolute atomic E-state index is 0.267. The van der Waals surface area contributed by atoms with Crippen molar-refractivity contribution < 1.29 is 4.74 Å². The van der Waals surface area contributed by atoms with Crippen molar-refractivity contribution in [3.8, 4) is 0 Å². The third-order valence-corrected chi connectivity index (χ3v) is 5.81. The first-order chi connectivity index (χ1) is 10.2. The largest absolute Gasteiger partial charge is 0.381 e. The van der Waals surface area contributed by atoms with Gasteiger partial charge in [0.2, 0.25) is 0 Å². The lowest BCUT2D eigenvalue weighted by atomic mass is 9.93. The van der Waals surface area contributed by atoms with E-state index < -0.39 is 0 Å². The fourth-order valence-electron chi connectivity index (χ4n) is 3.02. The predicted molar refractivity (Wildman–Crippen MR) is 92.3 cm³/mol. The standard InChI is InChI=1S/C16H31N3OS/c1-4-19(5-2)10-6-7-14(3)17-15-18-16(13-21-15)8-11-20-12-9-16/h14H,4-13H2,1-3H3,(H,17,18). The highest BCUT2D eigenvalue weighted by Crippen LogP contribution is 2.32. The molecule has 2 fully saturated rings. The van der Waals surface area contributed by atoms with Gasteiger partial charge in [0.05, 0.1) is 11.6 Å². The maximum absolute atomic E-state index is 5.48. The topological polar surface area (TPSA) is 36.9 Å². The second-order valence-electron chi connectivity index (χ2n) is 6.26. The van der Waals surface area contributed by atoms with Crippen molar-refractivity contribution >= 4 is 16.9 Å². The average Bonchev–Trinajstić information content (AvgIpc) is 2.86. The Kier molecular flexibility index (Phi) is 6.83. The van der Waals surface area contributed by atoms with Crippen LogP contribution in [0.1, 0.15) is 46.5 Å². The normalized spacial score (nSPS) is 24.7. The maximum atomic E-state index is 5.48. The highest BCUT2D eigenvalue weighted by Gasteiger charge is 2.38. The zero-order chi connectivity index (χ0) is 15.1. The molecule has 0 saturated carbocycles. The quantitative estimate of drug-likeness (QED) is 0.784. The van der Waals surface area contributed by atoms with Crippen molar-refractivity contribution in [2.45, 2.75) is 58.0 Å². The van der Waals surface area contributed by atoms with E-state index in [-0.39, 0.29) is 5.54 Å². The van der Waals surface area contributed by atoms with E-state index in [9.17, 15) is 0 Å². The van der Waals surface area contributed by atoms with Crippen molar-refractivity contribution in [3.05, 3.63) is 0 Å². The summed E-state index contributed by atoms with van der Waals surface area (Å²) in [5, 5.41) is 4.84. The number of aliphatic imine (C=N–C) groups is 1. The van der Waals surface area contributed by atoms with Crippen LogP contribution in [0.15, 0.2) is 4.99 Å². The minimum atomic E-state index is 0.267. The SMILES string of the molecule is CCN(CC)CCCC(C)N=C1NC2(CCOCC2)CS1. The molecule has 0 aromatic carbocycles. The molecule has 0 bridgehead atoms. The van der Waals surface area contributed by atoms with Crippen LogP contribution in [0.5, 0.6) is 0 Å². The number of nitrogens with zero attached hydrogens (tertiary/aromatic N) is 2. The Morgan fingerprint density at radius 2 is 2.05 bits per heavy atom. The van der Waals surface area contributed by atoms with Gasteiger partial charge in [0, 0.05) is 19.0 Å². The molecule has 1 N–H and O–H groups in total. The van der Waals surface area contributed by atoms with Gasteiger partial charge >= 0.3 is 0 Å². The van der Waals surface area contributed by atoms with Crippen LogP contribution < -0.4 is 5.32 Å². The van der Waals surface area contributed by atoms with E-state index in [0.717, 1.165) is 50.1 Å². The fraction of sp³-hybridized carbons (Fsp3) is 0.938. The molecule has 0 radical (unpaired) electrons. The molecule has 0 aromatic heterocycles. The molecule has 0 amide bonds. The summed E-state index contributed by atoms with van der Waals surface area (Å²) >= 11 is 1.90. The summed E-state index contributed by atoms with van der Waals surface area (Å²) in [5.41, 5.74) is 0.267. The van der Waals surface area contributed by atoms with Gasteiger partial charge in [0.1, 0.15) is 0 Å². The second kappa shape index (κ2) is 8.39. The highest BCUT2D eigenvalue weighted by atomic mass is 32.2. The van der Waals surface area contributed by atoms with Crippen LogP contribution in [0, 0.1) is 0 Å². The van der Waals surface area contributed by atoms with E-state index in [0.29, 0.717) is 6.04 Å². The number of thioether (sulfide) groups is 1. The Morgan fingerprint density at radius 1 is 1.33 bits per heavy atom. The predicted octanol–water partition coefficient (Wildman–Crippen LogP) is 2.74. The summed E-state index contributed by atoms with van der Waals surface area (Å²) in [4.78, 5) is 7.37. The van der Waals surface area contributed by atoms with Crippen molar-refractivity contribution in [3.63, 3.8) is 0 Å². The van der Waals surface area contributed by atoms with Crippen molar-refractivity contribution in [1.82, 2.24) is 10.2 Å². The molecule has 1 spiro atoms. The Morgan fingerprint density at radius 3 is 2.71 bits per heavy atom. The first kappa shape index (κ1) is 17.1. The van der Waals surface area contributed by atoms with Crippen LogP contribution in [0.3, 0.4) is 0 Å². The van der Waals surface area contributed by atoms with Gasteiger partial charge in [-0.2, -0.15) is 0 Å². The Hall–Kier alpha value is -0.260. The number of nitrogens with one attached hydrogen (secondary N) is 1. The second-order valence-corrected chi connectivity index (χ2v) is 7.22. The third kappa shape index (κ3) is 5.15. The minimum Gasteiger partial charge on any atom is -0.381 e. The van der Waals surface area contributed by atoms with E-state index >= 15 is 0 Å². The van der Waals surface area contributed by atoms with Crippen molar-refractivity contribution in [2.75, 3.05) is 38.6 Å². The molecule has 1 atom stereocenters. The van der Waals surface area contributed by atoms with E-state index in [4.69, 9.17) is 9.73 Å². The number of amidine groups is 1. The molecule has 2 aliphatic rings. The van der Waals surface area contributed by atoms with Gasteiger partial charge < -0.3 is 15.0 Å². The van der Waals surface area contributed by atoms with Crippen LogP contribution in [0.2, 0.25) is 0 Å². The lowest BCUT2D eigenvalue weighted by molar-refractivity contribution is 0.0555. The first-order valence-electron chi connectivity index (χ1n) is 8.46. The third-order valence-electron chi connectivity index (χ3n) is 4.64. The van der Waals surface area contributed by atoms with E-state index in [1.165, 1.54) is 19.4 Å². The molecule has 21 heavy (non-hydrogen) atoms. The van der Waals surface area contributed by atoms with Gasteiger partial charge in [-0.15, -0.1) is 0 Å². The average molecular weight is 314 g/mol. The number of hydrogen-bond donors (Lipinski definition) is 1. The van der Waals surface area contributed by atoms with Crippen molar-refractivity contribution in [2.24, 2.45) is 4.99 Å². The summed E-state index contributed by atoms with van der Waals surface area (Å²) in [7, 11) is 0. The molecular weight excluding hydrogens is 282 g/mol. The van der Waals surface area contributed by atoms with Crippen LogP contribution in [0.25, 0.3) is 0 Å². The summed E-state index contributed by atoms with van der Waals surface area (Å²) in [6.07, 6.45) is 4.66. The monoisotopic (exact) mass is 313 g/mol. The van der Waals surface area contributed by atoms with Gasteiger partial charge in [-0.1, -0.05) is 25.6 Å². The molecule has 5 heteroatoms. The maximum Gasteiger partial charge on any atom is 0.157 e. The molecule has 0 aliphatic carbocycles. The molecule has 4 nitrogen and oxygen atoms in total. The lowest BCUT2D eigenvalue weighted by Gasteiger charge is -2.32. The van der Waals surface area contributed by atoms with Gasteiger partial charge in [0.25, 0.3) is 0 Å². The molecule has 0 aromatic rings. The Bertz CT molecular complexity index is 338. The zero-order valence-electron chi connectivity index (χ0n) is 13.9. The molecule has 2 rings (SSSR count). The molecule has 2 heterocycles. The molecule has 2 aliphatic heterocycles. The smallest absolute Gasteiger partial charge is 0.157 e. The number of hydrogen-bond acceptors (Lipinski definition) is 4. The molecular formula is C16H31N3OS. The van der Waals surface area contributed by atoms with Crippen LogP contribution in [0.4, 0.5) is 0 Å². The highest BCUT2D eigenvalue weighted by molar-refractivity contribution is 8.14. The van der Waals surface area contributed by atoms with Gasteiger partial charge in [-0.25, -0.2) is 0 Å². The van der Waals surface area contributed by atoms with Gasteiger partial charge in [0.15, 0.2) is 5.17 Å². The van der Waals surface area contributed by atoms with E-state index in [1.807, 2.05) is 11.8 Å². The van der Waals surface area contributed by atoms with E-state index in [2.05, 4.69) is 31.0 Å². The van der Waals surface area contributed by atoms with E-state index in [1.54, 1.807) is 0 Å². The Labute approximate surface area is 134 Å². The first-order valence-corrected chi connectivity index (χ1v) is 9.45. The van der Waals surface area contributed by atoms with Crippen LogP contribution in [-0.2, 0) is 4.74 Å². The summed E-state index contributed by atoms with van der Waals surface area (Å²) in [6, 6.07) is 0.422. The number of rotatable bonds is 7. The zero-order valence-corrected chi connectivity index (χ0v) is 14.7. The van der Waals surface area contributed by atoms with Gasteiger partial charge in [-0.05, 0) is 52.2 Å². The van der Waals surface area contributed by atoms with Crippen LogP contribution in [-0.4, -0.2) is 60.2 Å². The van der Waals surface area contributed by atoms with Crippen molar-refractivity contribution in [1.29, 1.82) is 0 Å².